The number of rotatable bonds is 7. The summed E-state index contributed by atoms with van der Waals surface area (Å²) in [6, 6.07) is 17.6. The number of anilines is 1. The highest BCUT2D eigenvalue weighted by Crippen LogP contribution is 2.27. The van der Waals surface area contributed by atoms with Crippen LogP contribution in [0.4, 0.5) is 5.69 Å². The first-order chi connectivity index (χ1) is 13.1. The third-order valence-corrected chi connectivity index (χ3v) is 5.18. The molecule has 3 rings (SSSR count). The highest BCUT2D eigenvalue weighted by Gasteiger charge is 2.18. The van der Waals surface area contributed by atoms with Gasteiger partial charge in [-0.2, -0.15) is 0 Å². The normalized spacial score (nSPS) is 11.8. The van der Waals surface area contributed by atoms with Crippen molar-refractivity contribution in [2.24, 2.45) is 0 Å². The summed E-state index contributed by atoms with van der Waals surface area (Å²) in [7, 11) is 1.59. The number of nitrogens with zero attached hydrogens (tertiary/aromatic N) is 1. The van der Waals surface area contributed by atoms with Gasteiger partial charge in [-0.3, -0.25) is 4.79 Å². The SMILES string of the molecule is COc1ccccc1NC(=O)[C@@H](C)Sc1nc(Cc2ccccc2)c(C)[nH]1. The number of ether oxygens (including phenoxy) is 1. The van der Waals surface area contributed by atoms with Gasteiger partial charge in [-0.1, -0.05) is 54.2 Å². The number of aromatic nitrogens is 2. The van der Waals surface area contributed by atoms with Gasteiger partial charge in [-0.25, -0.2) is 4.98 Å². The molecular weight excluding hydrogens is 358 g/mol. The molecule has 0 bridgehead atoms. The summed E-state index contributed by atoms with van der Waals surface area (Å²) in [5, 5.41) is 3.37. The second kappa shape index (κ2) is 8.77. The number of carbonyl (C=O) groups excluding carboxylic acids is 1. The lowest BCUT2D eigenvalue weighted by molar-refractivity contribution is -0.115. The molecule has 1 atom stereocenters. The fourth-order valence-corrected chi connectivity index (χ4v) is 3.56. The number of H-pyrrole nitrogens is 1. The largest absolute Gasteiger partial charge is 0.495 e. The molecule has 0 unspecified atom stereocenters. The fourth-order valence-electron chi connectivity index (χ4n) is 2.69. The van der Waals surface area contributed by atoms with E-state index in [1.165, 1.54) is 17.3 Å². The van der Waals surface area contributed by atoms with E-state index in [0.29, 0.717) is 11.4 Å². The zero-order valence-corrected chi connectivity index (χ0v) is 16.5. The first-order valence-corrected chi connectivity index (χ1v) is 9.64. The number of hydrogen-bond acceptors (Lipinski definition) is 4. The minimum atomic E-state index is -0.301. The van der Waals surface area contributed by atoms with Crippen LogP contribution < -0.4 is 10.1 Å². The van der Waals surface area contributed by atoms with Crippen molar-refractivity contribution in [2.45, 2.75) is 30.7 Å². The molecule has 0 aliphatic heterocycles. The number of para-hydroxylation sites is 2. The van der Waals surface area contributed by atoms with Gasteiger partial charge in [0.1, 0.15) is 5.75 Å². The van der Waals surface area contributed by atoms with Gasteiger partial charge in [0.05, 0.1) is 23.7 Å². The number of imidazole rings is 1. The fraction of sp³-hybridized carbons (Fsp3) is 0.238. The Morgan fingerprint density at radius 3 is 2.63 bits per heavy atom. The zero-order valence-electron chi connectivity index (χ0n) is 15.7. The predicted molar refractivity (Wildman–Crippen MR) is 110 cm³/mol. The number of benzene rings is 2. The number of methoxy groups -OCH3 is 1. The molecule has 1 amide bonds. The van der Waals surface area contributed by atoms with Crippen LogP contribution in [-0.4, -0.2) is 28.2 Å². The van der Waals surface area contributed by atoms with E-state index in [2.05, 4.69) is 27.4 Å². The van der Waals surface area contributed by atoms with Crippen LogP contribution in [0.25, 0.3) is 0 Å². The molecule has 0 saturated heterocycles. The van der Waals surface area contributed by atoms with Gasteiger partial charge in [0, 0.05) is 12.1 Å². The highest BCUT2D eigenvalue weighted by molar-refractivity contribution is 8.00. The number of amides is 1. The third-order valence-electron chi connectivity index (χ3n) is 4.20. The van der Waals surface area contributed by atoms with E-state index < -0.39 is 0 Å². The van der Waals surface area contributed by atoms with Crippen LogP contribution in [0, 0.1) is 6.92 Å². The van der Waals surface area contributed by atoms with Crippen LogP contribution >= 0.6 is 11.8 Å². The summed E-state index contributed by atoms with van der Waals surface area (Å²) in [6.45, 7) is 3.87. The van der Waals surface area contributed by atoms with E-state index in [1.54, 1.807) is 7.11 Å². The van der Waals surface area contributed by atoms with E-state index in [1.807, 2.05) is 56.3 Å². The van der Waals surface area contributed by atoms with Crippen molar-refractivity contribution < 1.29 is 9.53 Å². The van der Waals surface area contributed by atoms with E-state index in [0.717, 1.165) is 23.0 Å². The Morgan fingerprint density at radius 2 is 1.89 bits per heavy atom. The molecule has 140 valence electrons. The summed E-state index contributed by atoms with van der Waals surface area (Å²) in [5.74, 6) is 0.546. The molecule has 1 aromatic heterocycles. The molecule has 27 heavy (non-hydrogen) atoms. The van der Waals surface area contributed by atoms with Crippen LogP contribution in [0.2, 0.25) is 0 Å². The monoisotopic (exact) mass is 381 g/mol. The van der Waals surface area contributed by atoms with Gasteiger partial charge in [0.15, 0.2) is 5.16 Å². The molecule has 0 saturated carbocycles. The molecule has 6 heteroatoms. The van der Waals surface area contributed by atoms with Crippen molar-refractivity contribution in [1.29, 1.82) is 0 Å². The molecule has 1 heterocycles. The molecule has 3 aromatic rings. The van der Waals surface area contributed by atoms with Crippen molar-refractivity contribution in [3.05, 3.63) is 71.5 Å². The predicted octanol–water partition coefficient (Wildman–Crippen LogP) is 4.44. The smallest absolute Gasteiger partial charge is 0.237 e. The van der Waals surface area contributed by atoms with Crippen molar-refractivity contribution in [1.82, 2.24) is 9.97 Å². The van der Waals surface area contributed by atoms with Crippen molar-refractivity contribution in [3.63, 3.8) is 0 Å². The molecule has 2 aromatic carbocycles. The molecule has 0 fully saturated rings. The molecule has 0 aliphatic carbocycles. The first kappa shape index (κ1) is 19.0. The summed E-state index contributed by atoms with van der Waals surface area (Å²) in [5.41, 5.74) is 3.91. The van der Waals surface area contributed by atoms with Crippen LogP contribution in [0.3, 0.4) is 0 Å². The maximum absolute atomic E-state index is 12.5. The Morgan fingerprint density at radius 1 is 1.19 bits per heavy atom. The van der Waals surface area contributed by atoms with Gasteiger partial charge < -0.3 is 15.0 Å². The topological polar surface area (TPSA) is 67.0 Å². The lowest BCUT2D eigenvalue weighted by Crippen LogP contribution is -2.22. The minimum absolute atomic E-state index is 0.0943. The molecule has 0 aliphatic rings. The standard InChI is InChI=1S/C21H23N3O2S/c1-14-18(13-16-9-5-4-6-10-16)24-21(22-14)27-15(2)20(25)23-17-11-7-8-12-19(17)26-3/h4-12,15H,13H2,1-3H3,(H,22,24)(H,23,25)/t15-/m1/s1. The van der Waals surface area contributed by atoms with Gasteiger partial charge in [0.25, 0.3) is 0 Å². The molecule has 2 N–H and O–H groups in total. The number of hydrogen-bond donors (Lipinski definition) is 2. The number of aryl methyl sites for hydroxylation is 1. The average molecular weight is 382 g/mol. The van der Waals surface area contributed by atoms with Crippen LogP contribution in [0.5, 0.6) is 5.75 Å². The Hall–Kier alpha value is -2.73. The molecule has 0 spiro atoms. The van der Waals surface area contributed by atoms with Gasteiger partial charge in [-0.15, -0.1) is 0 Å². The second-order valence-electron chi connectivity index (χ2n) is 6.23. The average Bonchev–Trinajstić information content (AvgIpc) is 3.01. The lowest BCUT2D eigenvalue weighted by atomic mass is 10.1. The second-order valence-corrected chi connectivity index (χ2v) is 7.56. The maximum Gasteiger partial charge on any atom is 0.237 e. The number of aromatic amines is 1. The summed E-state index contributed by atoms with van der Waals surface area (Å²) in [4.78, 5) is 20.5. The Bertz CT molecular complexity index is 909. The van der Waals surface area contributed by atoms with E-state index in [-0.39, 0.29) is 11.2 Å². The summed E-state index contributed by atoms with van der Waals surface area (Å²) in [6.07, 6.45) is 0.769. The summed E-state index contributed by atoms with van der Waals surface area (Å²) >= 11 is 1.41. The summed E-state index contributed by atoms with van der Waals surface area (Å²) < 4.78 is 5.28. The number of carbonyl (C=O) groups is 1. The molecular formula is C21H23N3O2S. The highest BCUT2D eigenvalue weighted by atomic mass is 32.2. The van der Waals surface area contributed by atoms with Gasteiger partial charge >= 0.3 is 0 Å². The number of nitrogens with one attached hydrogen (secondary N) is 2. The minimum Gasteiger partial charge on any atom is -0.495 e. The molecule has 0 radical (unpaired) electrons. The van der Waals surface area contributed by atoms with Crippen molar-refractivity contribution in [2.75, 3.05) is 12.4 Å². The van der Waals surface area contributed by atoms with Crippen molar-refractivity contribution in [3.8, 4) is 5.75 Å². The maximum atomic E-state index is 12.5. The number of thioether (sulfide) groups is 1. The van der Waals surface area contributed by atoms with Gasteiger partial charge in [-0.05, 0) is 31.5 Å². The quantitative estimate of drug-likeness (QED) is 0.594. The van der Waals surface area contributed by atoms with Crippen LogP contribution in [-0.2, 0) is 11.2 Å². The van der Waals surface area contributed by atoms with Crippen molar-refractivity contribution >= 4 is 23.4 Å². The Labute approximate surface area is 163 Å². The third kappa shape index (κ3) is 4.92. The Balaban J connectivity index is 1.64. The van der Waals surface area contributed by atoms with E-state index >= 15 is 0 Å². The molecule has 5 nitrogen and oxygen atoms in total. The van der Waals surface area contributed by atoms with E-state index in [9.17, 15) is 4.79 Å². The zero-order chi connectivity index (χ0) is 19.2. The van der Waals surface area contributed by atoms with Crippen LogP contribution in [0.1, 0.15) is 23.9 Å². The Kier molecular flexibility index (Phi) is 6.19. The van der Waals surface area contributed by atoms with E-state index in [4.69, 9.17) is 4.74 Å². The lowest BCUT2D eigenvalue weighted by Gasteiger charge is -2.13. The first-order valence-electron chi connectivity index (χ1n) is 8.76. The van der Waals surface area contributed by atoms with Crippen LogP contribution in [0.15, 0.2) is 59.8 Å². The van der Waals surface area contributed by atoms with Gasteiger partial charge in [0.2, 0.25) is 5.91 Å².